The molecule has 8 heteroatoms. The van der Waals surface area contributed by atoms with Gasteiger partial charge in [0.05, 0.1) is 24.4 Å². The van der Waals surface area contributed by atoms with Gasteiger partial charge in [0.25, 0.3) is 0 Å². The van der Waals surface area contributed by atoms with Crippen molar-refractivity contribution in [3.8, 4) is 28.7 Å². The molecule has 3 rings (SSSR count). The molecule has 0 saturated carbocycles. The van der Waals surface area contributed by atoms with Gasteiger partial charge in [0.15, 0.2) is 11.5 Å². The zero-order valence-corrected chi connectivity index (χ0v) is 15.8. The highest BCUT2D eigenvalue weighted by Crippen LogP contribution is 2.44. The molecule has 2 N–H and O–H groups in total. The number of pyridine rings is 1. The van der Waals surface area contributed by atoms with Crippen LogP contribution in [0.4, 0.5) is 11.5 Å². The molecule has 0 spiro atoms. The number of ether oxygens (including phenoxy) is 3. The van der Waals surface area contributed by atoms with E-state index in [2.05, 4.69) is 22.5 Å². The smallest absolute Gasteiger partial charge is 0.315 e. The Bertz CT molecular complexity index is 1070. The third-order valence-corrected chi connectivity index (χ3v) is 4.41. The van der Waals surface area contributed by atoms with Crippen molar-refractivity contribution in [3.05, 3.63) is 53.5 Å². The summed E-state index contributed by atoms with van der Waals surface area (Å²) in [7, 11) is 0. The van der Waals surface area contributed by atoms with Gasteiger partial charge in [-0.3, -0.25) is 4.79 Å². The molecule has 1 unspecified atom stereocenters. The van der Waals surface area contributed by atoms with Crippen molar-refractivity contribution in [2.75, 3.05) is 19.1 Å². The highest BCUT2D eigenvalue weighted by molar-refractivity contribution is 5.92. The Labute approximate surface area is 167 Å². The summed E-state index contributed by atoms with van der Waals surface area (Å²) in [5, 5.41) is 9.93. The number of rotatable bonds is 6. The number of hydrogen-bond acceptors (Lipinski definition) is 7. The third kappa shape index (κ3) is 3.56. The highest BCUT2D eigenvalue weighted by Gasteiger charge is 2.30. The highest BCUT2D eigenvalue weighted by atomic mass is 16.7. The number of nitrogens with two attached hydrogens (primary N) is 1. The van der Waals surface area contributed by atoms with Gasteiger partial charge in [-0.2, -0.15) is 5.26 Å². The summed E-state index contributed by atoms with van der Waals surface area (Å²) in [5.41, 5.74) is 7.15. The summed E-state index contributed by atoms with van der Waals surface area (Å²) < 4.78 is 15.9. The van der Waals surface area contributed by atoms with Gasteiger partial charge < -0.3 is 19.9 Å². The van der Waals surface area contributed by atoms with Crippen molar-refractivity contribution >= 4 is 17.5 Å². The molecule has 0 aliphatic carbocycles. The van der Waals surface area contributed by atoms with Crippen LogP contribution in [0.25, 0.3) is 16.0 Å². The fourth-order valence-electron chi connectivity index (χ4n) is 3.15. The average molecular weight is 390 g/mol. The number of fused-ring (bicyclic) bond motifs is 1. The summed E-state index contributed by atoms with van der Waals surface area (Å²) in [6, 6.07) is 7.16. The summed E-state index contributed by atoms with van der Waals surface area (Å²) in [4.78, 5) is 20.2. The van der Waals surface area contributed by atoms with E-state index in [1.54, 1.807) is 31.2 Å². The number of esters is 1. The molecule has 0 saturated heterocycles. The van der Waals surface area contributed by atoms with E-state index in [4.69, 9.17) is 26.5 Å². The normalized spacial score (nSPS) is 12.5. The molecule has 8 nitrogen and oxygen atoms in total. The molecule has 1 aliphatic heterocycles. The van der Waals surface area contributed by atoms with E-state index in [9.17, 15) is 10.1 Å². The van der Waals surface area contributed by atoms with E-state index < -0.39 is 11.9 Å². The molecule has 1 atom stereocenters. The lowest BCUT2D eigenvalue weighted by atomic mass is 9.90. The van der Waals surface area contributed by atoms with Crippen LogP contribution in [0.5, 0.6) is 11.5 Å². The fraction of sp³-hybridized carbons (Fsp3) is 0.238. The number of nitrogens with zero attached hydrogens (tertiary/aromatic N) is 3. The van der Waals surface area contributed by atoms with E-state index in [1.165, 1.54) is 0 Å². The molecule has 2 heterocycles. The Morgan fingerprint density at radius 1 is 1.52 bits per heavy atom. The summed E-state index contributed by atoms with van der Waals surface area (Å²) in [6.07, 6.45) is 1.75. The summed E-state index contributed by atoms with van der Waals surface area (Å²) >= 11 is 0. The maximum Gasteiger partial charge on any atom is 0.315 e. The van der Waals surface area contributed by atoms with Crippen LogP contribution in [0, 0.1) is 17.9 Å². The number of benzene rings is 1. The Balaban J connectivity index is 2.28. The first-order valence-corrected chi connectivity index (χ1v) is 8.84. The summed E-state index contributed by atoms with van der Waals surface area (Å²) in [5.74, 6) is -0.415. The van der Waals surface area contributed by atoms with Gasteiger partial charge in [0.2, 0.25) is 12.5 Å². The number of hydrogen-bond donors (Lipinski definition) is 1. The largest absolute Gasteiger partial charge is 0.465 e. The molecule has 2 aromatic rings. The standard InChI is InChI=1S/C21H18N4O4/c1-4-6-13(21(26)27-5-2)18-14(10-22)17(19(24-3)20(23)25-18)12-7-8-15-16(9-12)29-11-28-15/h4,7-9,13H,1,5-6,11H2,2H3,(H2,23,25). The number of nitriles is 1. The summed E-state index contributed by atoms with van der Waals surface area (Å²) in [6.45, 7) is 13.2. The lowest BCUT2D eigenvalue weighted by Crippen LogP contribution is -2.19. The molecule has 0 amide bonds. The van der Waals surface area contributed by atoms with E-state index in [-0.39, 0.29) is 42.6 Å². The van der Waals surface area contributed by atoms with Crippen LogP contribution in [-0.4, -0.2) is 24.4 Å². The zero-order valence-electron chi connectivity index (χ0n) is 15.8. The van der Waals surface area contributed by atoms with Crippen LogP contribution in [0.2, 0.25) is 0 Å². The second-order valence-electron chi connectivity index (χ2n) is 6.10. The Morgan fingerprint density at radius 3 is 2.93 bits per heavy atom. The monoisotopic (exact) mass is 390 g/mol. The second-order valence-corrected chi connectivity index (χ2v) is 6.10. The molecule has 0 bridgehead atoms. The van der Waals surface area contributed by atoms with Crippen LogP contribution in [-0.2, 0) is 9.53 Å². The average Bonchev–Trinajstić information content (AvgIpc) is 3.19. The molecule has 0 fully saturated rings. The SMILES string of the molecule is [C-]#[N+]c1c(N)nc(C(CC=C)C(=O)OCC)c(C#N)c1-c1ccc2c(c1)OCO2. The first kappa shape index (κ1) is 19.7. The Morgan fingerprint density at radius 2 is 2.28 bits per heavy atom. The quantitative estimate of drug-likeness (QED) is 0.454. The van der Waals surface area contributed by atoms with Crippen LogP contribution in [0.1, 0.15) is 30.5 Å². The second kappa shape index (κ2) is 8.32. The third-order valence-electron chi connectivity index (χ3n) is 4.41. The Kier molecular flexibility index (Phi) is 5.66. The molecular formula is C21H18N4O4. The minimum Gasteiger partial charge on any atom is -0.465 e. The van der Waals surface area contributed by atoms with Crippen LogP contribution < -0.4 is 15.2 Å². The number of carbonyl (C=O) groups excluding carboxylic acids is 1. The van der Waals surface area contributed by atoms with Gasteiger partial charge >= 0.3 is 5.97 Å². The molecule has 146 valence electrons. The van der Waals surface area contributed by atoms with Crippen molar-refractivity contribution < 1.29 is 19.0 Å². The minimum absolute atomic E-state index is 0.0328. The maximum atomic E-state index is 12.5. The van der Waals surface area contributed by atoms with Crippen molar-refractivity contribution in [1.82, 2.24) is 4.98 Å². The van der Waals surface area contributed by atoms with Gasteiger partial charge in [-0.15, -0.1) is 6.58 Å². The molecular weight excluding hydrogens is 372 g/mol. The van der Waals surface area contributed by atoms with Gasteiger partial charge in [0.1, 0.15) is 17.8 Å². The molecule has 29 heavy (non-hydrogen) atoms. The number of nitrogen functional groups attached to an aromatic ring is 1. The number of aromatic nitrogens is 1. The van der Waals surface area contributed by atoms with Gasteiger partial charge in [-0.1, -0.05) is 12.1 Å². The predicted molar refractivity (Wildman–Crippen MR) is 105 cm³/mol. The van der Waals surface area contributed by atoms with Crippen molar-refractivity contribution in [2.45, 2.75) is 19.3 Å². The Hall–Kier alpha value is -4.04. The molecule has 1 aliphatic rings. The number of anilines is 1. The topological polar surface area (TPSA) is 112 Å². The van der Waals surface area contributed by atoms with Gasteiger partial charge in [-0.25, -0.2) is 9.83 Å². The molecule has 1 aromatic heterocycles. The van der Waals surface area contributed by atoms with E-state index in [1.807, 2.05) is 0 Å². The lowest BCUT2D eigenvalue weighted by Gasteiger charge is -2.19. The predicted octanol–water partition coefficient (Wildman–Crippen LogP) is 3.70. The van der Waals surface area contributed by atoms with Crippen LogP contribution in [0.3, 0.4) is 0 Å². The minimum atomic E-state index is -0.864. The van der Waals surface area contributed by atoms with Crippen molar-refractivity contribution in [3.63, 3.8) is 0 Å². The molecule has 1 aromatic carbocycles. The first-order valence-electron chi connectivity index (χ1n) is 8.84. The zero-order chi connectivity index (χ0) is 21.0. The van der Waals surface area contributed by atoms with Crippen LogP contribution >= 0.6 is 0 Å². The van der Waals surface area contributed by atoms with E-state index >= 15 is 0 Å². The number of carbonyl (C=O) groups is 1. The fourth-order valence-corrected chi connectivity index (χ4v) is 3.15. The van der Waals surface area contributed by atoms with E-state index in [0.717, 1.165) is 0 Å². The van der Waals surface area contributed by atoms with E-state index in [0.29, 0.717) is 22.6 Å². The van der Waals surface area contributed by atoms with Crippen molar-refractivity contribution in [1.29, 1.82) is 5.26 Å². The molecule has 0 radical (unpaired) electrons. The first-order chi connectivity index (χ1) is 14.0. The maximum absolute atomic E-state index is 12.5. The number of allylic oxidation sites excluding steroid dienone is 1. The van der Waals surface area contributed by atoms with Gasteiger partial charge in [0, 0.05) is 5.56 Å². The lowest BCUT2D eigenvalue weighted by molar-refractivity contribution is -0.145. The van der Waals surface area contributed by atoms with Crippen LogP contribution in [0.15, 0.2) is 30.9 Å². The van der Waals surface area contributed by atoms with Gasteiger partial charge in [-0.05, 0) is 31.0 Å². The van der Waals surface area contributed by atoms with Crippen molar-refractivity contribution in [2.24, 2.45) is 0 Å².